The van der Waals surface area contributed by atoms with Crippen LogP contribution in [0.5, 0.6) is 0 Å². The summed E-state index contributed by atoms with van der Waals surface area (Å²) in [6, 6.07) is 6.50. The molecular weight excluding hydrogens is 286 g/mol. The van der Waals surface area contributed by atoms with E-state index in [-0.39, 0.29) is 11.4 Å². The van der Waals surface area contributed by atoms with Crippen LogP contribution in [0.2, 0.25) is 0 Å². The first-order chi connectivity index (χ1) is 9.63. The van der Waals surface area contributed by atoms with Crippen molar-refractivity contribution in [2.45, 2.75) is 44.6 Å². The van der Waals surface area contributed by atoms with Gasteiger partial charge in [-0.2, -0.15) is 5.26 Å². The Bertz CT molecular complexity index is 647. The minimum Gasteiger partial charge on any atom is -0.329 e. The highest BCUT2D eigenvalue weighted by atomic mass is 32.2. The Balaban J connectivity index is 3.11. The second kappa shape index (κ2) is 6.56. The standard InChI is InChI=1S/C15H23N3O2S/c1-11(2)8-15(4,10-17)18-21(19,20)14-6-5-13(9-16)12(3)7-14/h5-7,11,18H,8,10,17H2,1-4H3. The zero-order valence-corrected chi connectivity index (χ0v) is 13.8. The summed E-state index contributed by atoms with van der Waals surface area (Å²) in [6.45, 7) is 7.79. The summed E-state index contributed by atoms with van der Waals surface area (Å²) in [4.78, 5) is 0.155. The molecule has 0 aliphatic rings. The number of rotatable bonds is 6. The van der Waals surface area contributed by atoms with Crippen LogP contribution in [0.3, 0.4) is 0 Å². The maximum atomic E-state index is 12.5. The molecule has 0 aliphatic carbocycles. The second-order valence-corrected chi connectivity index (χ2v) is 7.74. The van der Waals surface area contributed by atoms with Crippen molar-refractivity contribution in [3.8, 4) is 6.07 Å². The van der Waals surface area contributed by atoms with Gasteiger partial charge in [-0.15, -0.1) is 0 Å². The van der Waals surface area contributed by atoms with Crippen molar-refractivity contribution in [3.05, 3.63) is 29.3 Å². The SMILES string of the molecule is Cc1cc(S(=O)(=O)NC(C)(CN)CC(C)C)ccc1C#N. The van der Waals surface area contributed by atoms with Gasteiger partial charge >= 0.3 is 0 Å². The normalized spacial score (nSPS) is 14.7. The molecule has 0 radical (unpaired) electrons. The lowest BCUT2D eigenvalue weighted by atomic mass is 9.92. The first-order valence-electron chi connectivity index (χ1n) is 6.88. The number of nitrogens with two attached hydrogens (primary N) is 1. The first kappa shape index (κ1) is 17.6. The van der Waals surface area contributed by atoms with Crippen molar-refractivity contribution in [2.75, 3.05) is 6.54 Å². The molecule has 0 heterocycles. The van der Waals surface area contributed by atoms with Crippen LogP contribution in [0, 0.1) is 24.2 Å². The Morgan fingerprint density at radius 1 is 1.43 bits per heavy atom. The molecule has 6 heteroatoms. The van der Waals surface area contributed by atoms with Gasteiger partial charge in [-0.05, 0) is 49.9 Å². The molecule has 5 nitrogen and oxygen atoms in total. The van der Waals surface area contributed by atoms with Crippen LogP contribution in [0.1, 0.15) is 38.3 Å². The molecule has 1 aromatic rings. The monoisotopic (exact) mass is 309 g/mol. The van der Waals surface area contributed by atoms with Crippen molar-refractivity contribution in [1.82, 2.24) is 4.72 Å². The molecule has 0 saturated heterocycles. The summed E-state index contributed by atoms with van der Waals surface area (Å²) in [7, 11) is -3.66. The molecule has 1 unspecified atom stereocenters. The minimum atomic E-state index is -3.66. The smallest absolute Gasteiger partial charge is 0.241 e. The largest absolute Gasteiger partial charge is 0.329 e. The maximum Gasteiger partial charge on any atom is 0.241 e. The second-order valence-electron chi connectivity index (χ2n) is 6.06. The van der Waals surface area contributed by atoms with Gasteiger partial charge in [0.05, 0.1) is 16.5 Å². The van der Waals surface area contributed by atoms with E-state index in [0.717, 1.165) is 0 Å². The number of hydrogen-bond donors (Lipinski definition) is 2. The highest BCUT2D eigenvalue weighted by Gasteiger charge is 2.30. The summed E-state index contributed by atoms with van der Waals surface area (Å²) in [5, 5.41) is 8.90. The Morgan fingerprint density at radius 2 is 2.05 bits per heavy atom. The maximum absolute atomic E-state index is 12.5. The van der Waals surface area contributed by atoms with Crippen LogP contribution in [0.15, 0.2) is 23.1 Å². The molecule has 1 atom stereocenters. The molecule has 0 aliphatic heterocycles. The topological polar surface area (TPSA) is 96.0 Å². The fourth-order valence-electron chi connectivity index (χ4n) is 2.38. The third-order valence-corrected chi connectivity index (χ3v) is 4.95. The fourth-order valence-corrected chi connectivity index (χ4v) is 3.89. The number of aryl methyl sites for hydroxylation is 1. The highest BCUT2D eigenvalue weighted by molar-refractivity contribution is 7.89. The number of nitrogens with one attached hydrogen (secondary N) is 1. The van der Waals surface area contributed by atoms with E-state index in [0.29, 0.717) is 23.5 Å². The summed E-state index contributed by atoms with van der Waals surface area (Å²) < 4.78 is 27.7. The van der Waals surface area contributed by atoms with Gasteiger partial charge in [0.15, 0.2) is 0 Å². The third-order valence-electron chi connectivity index (χ3n) is 3.32. The molecule has 0 saturated carbocycles. The molecule has 0 aromatic heterocycles. The van der Waals surface area contributed by atoms with Gasteiger partial charge in [0.1, 0.15) is 0 Å². The Hall–Kier alpha value is -1.42. The van der Waals surface area contributed by atoms with E-state index in [1.165, 1.54) is 18.2 Å². The summed E-state index contributed by atoms with van der Waals surface area (Å²) in [6.07, 6.45) is 0.651. The van der Waals surface area contributed by atoms with Crippen LogP contribution in [0.25, 0.3) is 0 Å². The number of sulfonamides is 1. The van der Waals surface area contributed by atoms with Gasteiger partial charge in [-0.1, -0.05) is 13.8 Å². The van der Waals surface area contributed by atoms with Crippen molar-refractivity contribution in [1.29, 1.82) is 5.26 Å². The lowest BCUT2D eigenvalue weighted by molar-refractivity contribution is 0.344. The number of nitriles is 1. The molecule has 0 spiro atoms. The fraction of sp³-hybridized carbons (Fsp3) is 0.533. The van der Waals surface area contributed by atoms with Crippen molar-refractivity contribution < 1.29 is 8.42 Å². The lowest BCUT2D eigenvalue weighted by Crippen LogP contribution is -2.51. The summed E-state index contributed by atoms with van der Waals surface area (Å²) in [5.74, 6) is 0.323. The molecule has 3 N–H and O–H groups in total. The van der Waals surface area contributed by atoms with Gasteiger partial charge in [0, 0.05) is 12.1 Å². The zero-order chi connectivity index (χ0) is 16.3. The molecule has 116 valence electrons. The lowest BCUT2D eigenvalue weighted by Gasteiger charge is -2.30. The molecule has 1 aromatic carbocycles. The van der Waals surface area contributed by atoms with Gasteiger partial charge in [-0.25, -0.2) is 13.1 Å². The minimum absolute atomic E-state index is 0.155. The van der Waals surface area contributed by atoms with E-state index in [9.17, 15) is 8.42 Å². The Labute approximate surface area is 127 Å². The Kier molecular flexibility index (Phi) is 5.51. The average Bonchev–Trinajstić information content (AvgIpc) is 2.37. The van der Waals surface area contributed by atoms with E-state index in [1.807, 2.05) is 19.9 Å². The van der Waals surface area contributed by atoms with Gasteiger partial charge < -0.3 is 5.73 Å². The van der Waals surface area contributed by atoms with E-state index < -0.39 is 15.6 Å². The van der Waals surface area contributed by atoms with Gasteiger partial charge in [0.2, 0.25) is 10.0 Å². The average molecular weight is 309 g/mol. The predicted octanol–water partition coefficient (Wildman–Crippen LogP) is 1.91. The predicted molar refractivity (Wildman–Crippen MR) is 83.1 cm³/mol. The Morgan fingerprint density at radius 3 is 2.48 bits per heavy atom. The van der Waals surface area contributed by atoms with E-state index >= 15 is 0 Å². The summed E-state index contributed by atoms with van der Waals surface area (Å²) in [5.41, 5.74) is 6.17. The molecule has 0 amide bonds. The van der Waals surface area contributed by atoms with Crippen molar-refractivity contribution >= 4 is 10.0 Å². The van der Waals surface area contributed by atoms with Crippen LogP contribution >= 0.6 is 0 Å². The first-order valence-corrected chi connectivity index (χ1v) is 8.36. The van der Waals surface area contributed by atoms with Crippen molar-refractivity contribution in [2.24, 2.45) is 11.7 Å². The quantitative estimate of drug-likeness (QED) is 0.839. The molecular formula is C15H23N3O2S. The zero-order valence-electron chi connectivity index (χ0n) is 13.0. The van der Waals surface area contributed by atoms with E-state index in [2.05, 4.69) is 4.72 Å². The van der Waals surface area contributed by atoms with Gasteiger partial charge in [0.25, 0.3) is 0 Å². The molecule has 0 fully saturated rings. The molecule has 0 bridgehead atoms. The van der Waals surface area contributed by atoms with Gasteiger partial charge in [-0.3, -0.25) is 0 Å². The van der Waals surface area contributed by atoms with Crippen molar-refractivity contribution in [3.63, 3.8) is 0 Å². The van der Waals surface area contributed by atoms with Crippen LogP contribution in [-0.4, -0.2) is 20.5 Å². The highest BCUT2D eigenvalue weighted by Crippen LogP contribution is 2.21. The number of benzene rings is 1. The molecule has 21 heavy (non-hydrogen) atoms. The van der Waals surface area contributed by atoms with Crippen LogP contribution in [0.4, 0.5) is 0 Å². The number of nitrogens with zero attached hydrogens (tertiary/aromatic N) is 1. The summed E-state index contributed by atoms with van der Waals surface area (Å²) >= 11 is 0. The van der Waals surface area contributed by atoms with Crippen LogP contribution < -0.4 is 10.5 Å². The van der Waals surface area contributed by atoms with E-state index in [1.54, 1.807) is 13.8 Å². The van der Waals surface area contributed by atoms with E-state index in [4.69, 9.17) is 11.0 Å². The van der Waals surface area contributed by atoms with Crippen LogP contribution in [-0.2, 0) is 10.0 Å². The number of hydrogen-bond acceptors (Lipinski definition) is 4. The third kappa shape index (κ3) is 4.53. The molecule has 1 rings (SSSR count).